The van der Waals surface area contributed by atoms with Crippen LogP contribution in [-0.2, 0) is 6.42 Å². The smallest absolute Gasteiger partial charge is 0.319 e. The molecule has 2 N–H and O–H groups in total. The Morgan fingerprint density at radius 1 is 1.29 bits per heavy atom. The average molecular weight is 340 g/mol. The lowest BCUT2D eigenvalue weighted by Gasteiger charge is -2.10. The summed E-state index contributed by atoms with van der Waals surface area (Å²) in [4.78, 5) is 17.2. The first-order chi connectivity index (χ1) is 11.8. The highest BCUT2D eigenvalue weighted by atomic mass is 32.1. The van der Waals surface area contributed by atoms with E-state index in [2.05, 4.69) is 27.4 Å². The maximum atomic E-state index is 11.8. The van der Waals surface area contributed by atoms with Crippen LogP contribution < -0.4 is 10.6 Å². The molecule has 6 nitrogen and oxygen atoms in total. The number of thiophene rings is 1. The van der Waals surface area contributed by atoms with Gasteiger partial charge < -0.3 is 15.2 Å². The lowest BCUT2D eigenvalue weighted by Crippen LogP contribution is -2.29. The molecule has 0 spiro atoms. The highest BCUT2D eigenvalue weighted by molar-refractivity contribution is 7.13. The number of anilines is 1. The normalized spacial score (nSPS) is 10.3. The van der Waals surface area contributed by atoms with E-state index in [0.717, 1.165) is 10.4 Å². The van der Waals surface area contributed by atoms with Crippen LogP contribution in [-0.4, -0.2) is 22.7 Å². The van der Waals surface area contributed by atoms with Crippen LogP contribution in [0.25, 0.3) is 10.7 Å². The van der Waals surface area contributed by atoms with Gasteiger partial charge in [-0.05, 0) is 23.1 Å². The van der Waals surface area contributed by atoms with E-state index >= 15 is 0 Å². The molecule has 0 saturated heterocycles. The zero-order valence-corrected chi connectivity index (χ0v) is 13.7. The zero-order chi connectivity index (χ0) is 16.8. The minimum absolute atomic E-state index is 0.285. The first kappa shape index (κ1) is 15.9. The Balaban J connectivity index is 1.73. The summed E-state index contributed by atoms with van der Waals surface area (Å²) in [5.41, 5.74) is 1.60. The van der Waals surface area contributed by atoms with Gasteiger partial charge >= 0.3 is 6.03 Å². The van der Waals surface area contributed by atoms with Crippen LogP contribution in [0.1, 0.15) is 11.5 Å². The third-order valence-corrected chi connectivity index (χ3v) is 4.09. The molecular formula is C17H16N4O2S. The lowest BCUT2D eigenvalue weighted by molar-refractivity contribution is 0.253. The summed E-state index contributed by atoms with van der Waals surface area (Å²) in [5, 5.41) is 11.5. The van der Waals surface area contributed by atoms with Crippen LogP contribution in [0.3, 0.4) is 0 Å². The van der Waals surface area contributed by atoms with E-state index in [9.17, 15) is 4.79 Å². The third kappa shape index (κ3) is 3.88. The minimum Gasteiger partial charge on any atom is -0.339 e. The molecule has 2 aromatic heterocycles. The maximum Gasteiger partial charge on any atom is 0.319 e. The Kier molecular flexibility index (Phi) is 5.02. The van der Waals surface area contributed by atoms with Crippen molar-refractivity contribution in [1.82, 2.24) is 15.5 Å². The number of rotatable bonds is 6. The monoisotopic (exact) mass is 340 g/mol. The van der Waals surface area contributed by atoms with E-state index in [1.165, 1.54) is 0 Å². The Labute approximate surface area is 143 Å². The standard InChI is InChI=1S/C17H16N4O2S/c1-2-9-18-17(22)19-13-7-4-3-6-12(13)11-15-20-16(21-23-15)14-8-5-10-24-14/h2-8,10H,1,9,11H2,(H2,18,19,22). The molecule has 0 unspecified atom stereocenters. The number of para-hydroxylation sites is 1. The molecule has 0 aliphatic heterocycles. The summed E-state index contributed by atoms with van der Waals surface area (Å²) in [6.07, 6.45) is 2.06. The number of carbonyl (C=O) groups is 1. The number of nitrogens with one attached hydrogen (secondary N) is 2. The summed E-state index contributed by atoms with van der Waals surface area (Å²) in [5.74, 6) is 1.08. The first-order valence-corrected chi connectivity index (χ1v) is 8.24. The van der Waals surface area contributed by atoms with E-state index in [4.69, 9.17) is 4.52 Å². The molecular weight excluding hydrogens is 324 g/mol. The molecule has 0 atom stereocenters. The van der Waals surface area contributed by atoms with Crippen LogP contribution in [0.15, 0.2) is 59.0 Å². The van der Waals surface area contributed by atoms with E-state index in [-0.39, 0.29) is 6.03 Å². The van der Waals surface area contributed by atoms with E-state index < -0.39 is 0 Å². The topological polar surface area (TPSA) is 80.0 Å². The van der Waals surface area contributed by atoms with Gasteiger partial charge in [-0.25, -0.2) is 4.79 Å². The number of urea groups is 1. The second-order valence-corrected chi connectivity index (χ2v) is 5.89. The minimum atomic E-state index is -0.285. The van der Waals surface area contributed by atoms with Gasteiger partial charge in [-0.1, -0.05) is 35.5 Å². The van der Waals surface area contributed by atoms with Gasteiger partial charge in [-0.2, -0.15) is 4.98 Å². The molecule has 3 aromatic rings. The zero-order valence-electron chi connectivity index (χ0n) is 12.9. The molecule has 24 heavy (non-hydrogen) atoms. The van der Waals surface area contributed by atoms with Crippen LogP contribution >= 0.6 is 11.3 Å². The van der Waals surface area contributed by atoms with Crippen molar-refractivity contribution in [2.75, 3.05) is 11.9 Å². The molecule has 1 aromatic carbocycles. The lowest BCUT2D eigenvalue weighted by atomic mass is 10.1. The van der Waals surface area contributed by atoms with Gasteiger partial charge in [0.1, 0.15) is 0 Å². The van der Waals surface area contributed by atoms with Gasteiger partial charge in [0, 0.05) is 12.2 Å². The summed E-state index contributed by atoms with van der Waals surface area (Å²) in [6.45, 7) is 3.97. The Morgan fingerprint density at radius 3 is 2.96 bits per heavy atom. The van der Waals surface area contributed by atoms with Crippen molar-refractivity contribution in [2.45, 2.75) is 6.42 Å². The number of aromatic nitrogens is 2. The third-order valence-electron chi connectivity index (χ3n) is 3.22. The van der Waals surface area contributed by atoms with E-state index in [1.54, 1.807) is 17.4 Å². The van der Waals surface area contributed by atoms with Gasteiger partial charge in [-0.15, -0.1) is 17.9 Å². The van der Waals surface area contributed by atoms with Crippen LogP contribution in [0.2, 0.25) is 0 Å². The van der Waals surface area contributed by atoms with Gasteiger partial charge in [-0.3, -0.25) is 0 Å². The number of benzene rings is 1. The number of amides is 2. The molecule has 0 aliphatic rings. The molecule has 0 bridgehead atoms. The summed E-state index contributed by atoms with van der Waals surface area (Å²) in [6, 6.07) is 11.1. The van der Waals surface area contributed by atoms with Crippen LogP contribution in [0, 0.1) is 0 Å². The molecule has 0 saturated carbocycles. The fourth-order valence-corrected chi connectivity index (χ4v) is 2.77. The highest BCUT2D eigenvalue weighted by Crippen LogP contribution is 2.23. The number of nitrogens with zero attached hydrogens (tertiary/aromatic N) is 2. The molecule has 0 radical (unpaired) electrons. The molecule has 2 heterocycles. The van der Waals surface area contributed by atoms with Gasteiger partial charge in [0.25, 0.3) is 0 Å². The predicted molar refractivity (Wildman–Crippen MR) is 94.1 cm³/mol. The van der Waals surface area contributed by atoms with Crippen molar-refractivity contribution in [3.63, 3.8) is 0 Å². The van der Waals surface area contributed by atoms with Crippen molar-refractivity contribution >= 4 is 23.1 Å². The average Bonchev–Trinajstić information content (AvgIpc) is 3.26. The Bertz CT molecular complexity index is 827. The maximum absolute atomic E-state index is 11.8. The first-order valence-electron chi connectivity index (χ1n) is 7.36. The van der Waals surface area contributed by atoms with Crippen molar-refractivity contribution in [2.24, 2.45) is 0 Å². The van der Waals surface area contributed by atoms with E-state index in [0.29, 0.717) is 30.4 Å². The van der Waals surface area contributed by atoms with Crippen LogP contribution in [0.4, 0.5) is 10.5 Å². The summed E-state index contributed by atoms with van der Waals surface area (Å²) < 4.78 is 5.32. The quantitative estimate of drug-likeness (QED) is 0.671. The van der Waals surface area contributed by atoms with E-state index in [1.807, 2.05) is 41.8 Å². The van der Waals surface area contributed by atoms with Crippen molar-refractivity contribution < 1.29 is 9.32 Å². The number of carbonyl (C=O) groups excluding carboxylic acids is 1. The summed E-state index contributed by atoms with van der Waals surface area (Å²) in [7, 11) is 0. The molecule has 7 heteroatoms. The predicted octanol–water partition coefficient (Wildman–Crippen LogP) is 3.70. The van der Waals surface area contributed by atoms with Crippen molar-refractivity contribution in [1.29, 1.82) is 0 Å². The fourth-order valence-electron chi connectivity index (χ4n) is 2.12. The Morgan fingerprint density at radius 2 is 2.17 bits per heavy atom. The molecule has 3 rings (SSSR count). The molecule has 2 amide bonds. The Hall–Kier alpha value is -2.93. The molecule has 0 aliphatic carbocycles. The number of hydrogen-bond acceptors (Lipinski definition) is 5. The second kappa shape index (κ2) is 7.56. The SMILES string of the molecule is C=CCNC(=O)Nc1ccccc1Cc1nc(-c2cccs2)no1. The van der Waals surface area contributed by atoms with Crippen LogP contribution in [0.5, 0.6) is 0 Å². The second-order valence-electron chi connectivity index (χ2n) is 4.95. The van der Waals surface area contributed by atoms with Crippen molar-refractivity contribution in [3.8, 4) is 10.7 Å². The summed E-state index contributed by atoms with van der Waals surface area (Å²) >= 11 is 1.56. The largest absolute Gasteiger partial charge is 0.339 e. The van der Waals surface area contributed by atoms with Gasteiger partial charge in [0.05, 0.1) is 11.3 Å². The highest BCUT2D eigenvalue weighted by Gasteiger charge is 2.12. The van der Waals surface area contributed by atoms with Crippen molar-refractivity contribution in [3.05, 3.63) is 65.9 Å². The van der Waals surface area contributed by atoms with Gasteiger partial charge in [0.2, 0.25) is 11.7 Å². The van der Waals surface area contributed by atoms with Gasteiger partial charge in [0.15, 0.2) is 0 Å². The fraction of sp³-hybridized carbons (Fsp3) is 0.118. The molecule has 0 fully saturated rings. The number of hydrogen-bond donors (Lipinski definition) is 2. The molecule has 122 valence electrons.